The number of nitrogens with one attached hydrogen (secondary N) is 1. The molecule has 0 bridgehead atoms. The molecule has 0 radical (unpaired) electrons. The summed E-state index contributed by atoms with van der Waals surface area (Å²) in [4.78, 5) is 15.6. The molecule has 4 nitrogen and oxygen atoms in total. The lowest BCUT2D eigenvalue weighted by Gasteiger charge is -2.15. The number of primary amides is 1. The van der Waals surface area contributed by atoms with Crippen molar-refractivity contribution in [1.82, 2.24) is 10.3 Å². The first-order chi connectivity index (χ1) is 8.20. The minimum absolute atomic E-state index is 0.324. The predicted molar refractivity (Wildman–Crippen MR) is 65.4 cm³/mol. The fraction of sp³-hybridized carbons (Fsp3) is 0.231. The average Bonchev–Trinajstić information content (AvgIpc) is 3.08. The van der Waals surface area contributed by atoms with Crippen LogP contribution >= 0.6 is 0 Å². The topological polar surface area (TPSA) is 68.0 Å². The summed E-state index contributed by atoms with van der Waals surface area (Å²) in [6.07, 6.45) is 1.81. The first kappa shape index (κ1) is 10.1. The quantitative estimate of drug-likeness (QED) is 0.822. The van der Waals surface area contributed by atoms with Crippen LogP contribution in [0.2, 0.25) is 0 Å². The molecule has 1 aromatic carbocycles. The number of carbonyl (C=O) groups is 1. The number of amides is 2. The summed E-state index contributed by atoms with van der Waals surface area (Å²) in [5.41, 5.74) is 6.71. The standard InChI is InChI=1S/C13H13N3O/c14-12(17)16-13(7-8-13)11-6-5-9-3-1-2-4-10(9)15-11/h1-6H,7-8H2,(H3,14,16,17). The van der Waals surface area contributed by atoms with Crippen molar-refractivity contribution in [2.24, 2.45) is 5.73 Å². The first-order valence-electron chi connectivity index (χ1n) is 5.64. The van der Waals surface area contributed by atoms with Gasteiger partial charge in [0.1, 0.15) is 0 Å². The van der Waals surface area contributed by atoms with E-state index in [0.29, 0.717) is 0 Å². The van der Waals surface area contributed by atoms with Gasteiger partial charge in [-0.15, -0.1) is 0 Å². The van der Waals surface area contributed by atoms with Crippen molar-refractivity contribution in [3.8, 4) is 0 Å². The van der Waals surface area contributed by atoms with Crippen LogP contribution in [0.4, 0.5) is 4.79 Å². The molecule has 2 aromatic rings. The van der Waals surface area contributed by atoms with E-state index in [1.54, 1.807) is 0 Å². The summed E-state index contributed by atoms with van der Waals surface area (Å²) in [5, 5.41) is 3.89. The van der Waals surface area contributed by atoms with E-state index in [4.69, 9.17) is 5.73 Å². The highest BCUT2D eigenvalue weighted by atomic mass is 16.2. The summed E-state index contributed by atoms with van der Waals surface area (Å²) >= 11 is 0. The number of benzene rings is 1. The van der Waals surface area contributed by atoms with Crippen molar-refractivity contribution < 1.29 is 4.79 Å². The molecule has 2 amide bonds. The van der Waals surface area contributed by atoms with E-state index >= 15 is 0 Å². The van der Waals surface area contributed by atoms with Gasteiger partial charge in [-0.2, -0.15) is 0 Å². The molecule has 1 heterocycles. The van der Waals surface area contributed by atoms with Crippen LogP contribution in [0, 0.1) is 0 Å². The minimum Gasteiger partial charge on any atom is -0.352 e. The summed E-state index contributed by atoms with van der Waals surface area (Å²) in [6, 6.07) is 11.4. The monoisotopic (exact) mass is 227 g/mol. The maximum Gasteiger partial charge on any atom is 0.312 e. The number of fused-ring (bicyclic) bond motifs is 1. The Balaban J connectivity index is 2.03. The lowest BCUT2D eigenvalue weighted by molar-refractivity contribution is 0.244. The zero-order valence-corrected chi connectivity index (χ0v) is 9.31. The van der Waals surface area contributed by atoms with Gasteiger partial charge < -0.3 is 11.1 Å². The second-order valence-electron chi connectivity index (χ2n) is 4.46. The number of hydrogen-bond acceptors (Lipinski definition) is 2. The minimum atomic E-state index is -0.488. The van der Waals surface area contributed by atoms with Crippen LogP contribution in [0.3, 0.4) is 0 Å². The van der Waals surface area contributed by atoms with Crippen LogP contribution in [-0.4, -0.2) is 11.0 Å². The average molecular weight is 227 g/mol. The van der Waals surface area contributed by atoms with Crippen LogP contribution in [0.25, 0.3) is 10.9 Å². The fourth-order valence-corrected chi connectivity index (χ4v) is 2.14. The molecule has 3 N–H and O–H groups in total. The lowest BCUT2D eigenvalue weighted by Crippen LogP contribution is -2.39. The molecule has 0 saturated heterocycles. The molecule has 0 unspecified atom stereocenters. The highest BCUT2D eigenvalue weighted by Crippen LogP contribution is 2.44. The van der Waals surface area contributed by atoms with Crippen molar-refractivity contribution in [2.45, 2.75) is 18.4 Å². The van der Waals surface area contributed by atoms with Gasteiger partial charge >= 0.3 is 6.03 Å². The Hall–Kier alpha value is -2.10. The number of aromatic nitrogens is 1. The smallest absolute Gasteiger partial charge is 0.312 e. The molecule has 0 aliphatic heterocycles. The van der Waals surface area contributed by atoms with Gasteiger partial charge in [0.2, 0.25) is 0 Å². The Labute approximate surface area is 98.8 Å². The third-order valence-corrected chi connectivity index (χ3v) is 3.20. The van der Waals surface area contributed by atoms with Gasteiger partial charge in [-0.05, 0) is 25.0 Å². The summed E-state index contributed by atoms with van der Waals surface area (Å²) in [5.74, 6) is 0. The maximum atomic E-state index is 11.0. The molecule has 1 aliphatic carbocycles. The Morgan fingerprint density at radius 1 is 1.24 bits per heavy atom. The Bertz CT molecular complexity index is 590. The van der Waals surface area contributed by atoms with Gasteiger partial charge in [0.25, 0.3) is 0 Å². The Kier molecular flexibility index (Phi) is 2.04. The van der Waals surface area contributed by atoms with Gasteiger partial charge in [-0.3, -0.25) is 4.98 Å². The second-order valence-corrected chi connectivity index (χ2v) is 4.46. The molecule has 1 fully saturated rings. The first-order valence-corrected chi connectivity index (χ1v) is 5.64. The number of rotatable bonds is 2. The molecule has 17 heavy (non-hydrogen) atoms. The van der Waals surface area contributed by atoms with Gasteiger partial charge in [-0.1, -0.05) is 24.3 Å². The third kappa shape index (κ3) is 1.71. The third-order valence-electron chi connectivity index (χ3n) is 3.20. The molecule has 1 saturated carbocycles. The Morgan fingerprint density at radius 2 is 2.00 bits per heavy atom. The molecule has 1 aromatic heterocycles. The van der Waals surface area contributed by atoms with E-state index in [2.05, 4.69) is 10.3 Å². The predicted octanol–water partition coefficient (Wildman–Crippen LogP) is 1.89. The van der Waals surface area contributed by atoms with Crippen LogP contribution in [0.1, 0.15) is 18.5 Å². The molecule has 0 atom stereocenters. The second kappa shape index (κ2) is 3.45. The van der Waals surface area contributed by atoms with Gasteiger partial charge in [-0.25, -0.2) is 4.79 Å². The number of carbonyl (C=O) groups excluding carboxylic acids is 1. The molecule has 0 spiro atoms. The summed E-state index contributed by atoms with van der Waals surface area (Å²) in [6.45, 7) is 0. The highest BCUT2D eigenvalue weighted by Gasteiger charge is 2.46. The number of nitrogens with zero attached hydrogens (tertiary/aromatic N) is 1. The molecule has 3 rings (SSSR count). The summed E-state index contributed by atoms with van der Waals surface area (Å²) < 4.78 is 0. The number of hydrogen-bond donors (Lipinski definition) is 2. The summed E-state index contributed by atoms with van der Waals surface area (Å²) in [7, 11) is 0. The van der Waals surface area contributed by atoms with Crippen molar-refractivity contribution >= 4 is 16.9 Å². The van der Waals surface area contributed by atoms with E-state index in [-0.39, 0.29) is 5.54 Å². The number of urea groups is 1. The van der Waals surface area contributed by atoms with E-state index < -0.39 is 6.03 Å². The molecular formula is C13H13N3O. The van der Waals surface area contributed by atoms with Gasteiger partial charge in [0.15, 0.2) is 0 Å². The van der Waals surface area contributed by atoms with Crippen molar-refractivity contribution in [2.75, 3.05) is 0 Å². The molecule has 86 valence electrons. The lowest BCUT2D eigenvalue weighted by atomic mass is 10.1. The highest BCUT2D eigenvalue weighted by molar-refractivity contribution is 5.79. The molecular weight excluding hydrogens is 214 g/mol. The zero-order chi connectivity index (χ0) is 11.9. The van der Waals surface area contributed by atoms with Crippen LogP contribution in [-0.2, 0) is 5.54 Å². The zero-order valence-electron chi connectivity index (χ0n) is 9.31. The van der Waals surface area contributed by atoms with Crippen molar-refractivity contribution in [3.05, 3.63) is 42.1 Å². The van der Waals surface area contributed by atoms with E-state index in [1.165, 1.54) is 0 Å². The van der Waals surface area contributed by atoms with Gasteiger partial charge in [0.05, 0.1) is 16.7 Å². The molecule has 4 heteroatoms. The Morgan fingerprint density at radius 3 is 2.71 bits per heavy atom. The number of para-hydroxylation sites is 1. The van der Waals surface area contributed by atoms with Crippen LogP contribution in [0.15, 0.2) is 36.4 Å². The number of nitrogens with two attached hydrogens (primary N) is 1. The normalized spacial score (nSPS) is 16.7. The molecule has 1 aliphatic rings. The van der Waals surface area contributed by atoms with E-state index in [9.17, 15) is 4.79 Å². The fourth-order valence-electron chi connectivity index (χ4n) is 2.14. The largest absolute Gasteiger partial charge is 0.352 e. The van der Waals surface area contributed by atoms with Crippen molar-refractivity contribution in [3.63, 3.8) is 0 Å². The van der Waals surface area contributed by atoms with Crippen molar-refractivity contribution in [1.29, 1.82) is 0 Å². The van der Waals surface area contributed by atoms with Gasteiger partial charge in [0, 0.05) is 5.39 Å². The van der Waals surface area contributed by atoms with E-state index in [0.717, 1.165) is 29.4 Å². The number of pyridine rings is 1. The van der Waals surface area contributed by atoms with E-state index in [1.807, 2.05) is 36.4 Å². The SMILES string of the molecule is NC(=O)NC1(c2ccc3ccccc3n2)CC1. The maximum absolute atomic E-state index is 11.0. The van der Waals surface area contributed by atoms with Crippen LogP contribution < -0.4 is 11.1 Å². The van der Waals surface area contributed by atoms with Crippen LogP contribution in [0.5, 0.6) is 0 Å².